The van der Waals surface area contributed by atoms with E-state index in [0.717, 1.165) is 5.92 Å². The van der Waals surface area contributed by atoms with Gasteiger partial charge in [0.2, 0.25) is 0 Å². The molecule has 1 heteroatoms. The van der Waals surface area contributed by atoms with Crippen LogP contribution in [0.1, 0.15) is 56.7 Å². The summed E-state index contributed by atoms with van der Waals surface area (Å²) in [6.07, 6.45) is 3.77. The predicted octanol–water partition coefficient (Wildman–Crippen LogP) is 4.34. The maximum Gasteiger partial charge on any atom is 0.00780 e. The first-order valence-electron chi connectivity index (χ1n) is 7.65. The zero-order valence-corrected chi connectivity index (χ0v) is 13.2. The van der Waals surface area contributed by atoms with E-state index in [0.29, 0.717) is 12.0 Å². The van der Waals surface area contributed by atoms with Crippen molar-refractivity contribution in [2.75, 3.05) is 0 Å². The summed E-state index contributed by atoms with van der Waals surface area (Å²) in [5.74, 6) is 1.40. The summed E-state index contributed by atoms with van der Waals surface area (Å²) in [5, 5.41) is 0. The van der Waals surface area contributed by atoms with Crippen molar-refractivity contribution in [2.45, 2.75) is 65.3 Å². The molecule has 0 aliphatic heterocycles. The molecule has 1 aromatic carbocycles. The molecular weight excluding hydrogens is 230 g/mol. The van der Waals surface area contributed by atoms with Gasteiger partial charge in [-0.3, -0.25) is 0 Å². The second-order valence-electron chi connectivity index (χ2n) is 7.21. The number of aryl methyl sites for hydroxylation is 2. The monoisotopic (exact) mass is 259 g/mol. The largest absolute Gasteiger partial charge is 0.327 e. The highest BCUT2D eigenvalue weighted by Crippen LogP contribution is 2.41. The summed E-state index contributed by atoms with van der Waals surface area (Å²) < 4.78 is 0. The van der Waals surface area contributed by atoms with Crippen molar-refractivity contribution < 1.29 is 0 Å². The summed E-state index contributed by atoms with van der Waals surface area (Å²) in [5.41, 5.74) is 10.9. The van der Waals surface area contributed by atoms with Crippen molar-refractivity contribution in [1.29, 1.82) is 0 Å². The Labute approximate surface area is 118 Å². The van der Waals surface area contributed by atoms with Crippen LogP contribution in [-0.4, -0.2) is 6.04 Å². The lowest BCUT2D eigenvalue weighted by Gasteiger charge is -2.43. The molecule has 19 heavy (non-hydrogen) atoms. The van der Waals surface area contributed by atoms with Crippen LogP contribution < -0.4 is 5.73 Å². The third-order valence-corrected chi connectivity index (χ3v) is 5.34. The molecule has 1 aliphatic rings. The molecule has 0 radical (unpaired) electrons. The number of nitrogens with two attached hydrogens (primary N) is 1. The molecule has 0 aromatic heterocycles. The smallest absolute Gasteiger partial charge is 0.00780 e. The van der Waals surface area contributed by atoms with E-state index in [1.54, 1.807) is 0 Å². The Hall–Kier alpha value is -0.820. The van der Waals surface area contributed by atoms with Crippen LogP contribution in [0.5, 0.6) is 0 Å². The van der Waals surface area contributed by atoms with Crippen molar-refractivity contribution >= 4 is 0 Å². The topological polar surface area (TPSA) is 26.0 Å². The van der Waals surface area contributed by atoms with Crippen molar-refractivity contribution in [3.05, 3.63) is 34.9 Å². The van der Waals surface area contributed by atoms with Gasteiger partial charge in [0.25, 0.3) is 0 Å². The highest BCUT2D eigenvalue weighted by Gasteiger charge is 2.38. The number of benzene rings is 1. The quantitative estimate of drug-likeness (QED) is 0.840. The predicted molar refractivity (Wildman–Crippen MR) is 83.4 cm³/mol. The highest BCUT2D eigenvalue weighted by atomic mass is 14.7. The van der Waals surface area contributed by atoms with Gasteiger partial charge in [-0.25, -0.2) is 0 Å². The van der Waals surface area contributed by atoms with E-state index in [-0.39, 0.29) is 5.41 Å². The van der Waals surface area contributed by atoms with Crippen LogP contribution in [-0.2, 0) is 5.41 Å². The van der Waals surface area contributed by atoms with Gasteiger partial charge in [-0.05, 0) is 60.6 Å². The minimum atomic E-state index is 0.179. The SMILES string of the molecule is Cc1ccc(C(C)(C)C2CCC(C)CC2N)cc1C. The summed E-state index contributed by atoms with van der Waals surface area (Å²) >= 11 is 0. The molecule has 1 nitrogen and oxygen atoms in total. The third-order valence-electron chi connectivity index (χ3n) is 5.34. The summed E-state index contributed by atoms with van der Waals surface area (Å²) in [4.78, 5) is 0. The molecule has 0 spiro atoms. The Bertz CT molecular complexity index is 447. The van der Waals surface area contributed by atoms with Gasteiger partial charge in [0, 0.05) is 6.04 Å². The first-order chi connectivity index (χ1) is 8.82. The number of hydrogen-bond donors (Lipinski definition) is 1. The van der Waals surface area contributed by atoms with E-state index in [2.05, 4.69) is 52.8 Å². The molecule has 1 aliphatic carbocycles. The molecule has 2 rings (SSSR count). The van der Waals surface area contributed by atoms with Gasteiger partial charge >= 0.3 is 0 Å². The lowest BCUT2D eigenvalue weighted by Crippen LogP contribution is -2.45. The molecule has 0 bridgehead atoms. The highest BCUT2D eigenvalue weighted by molar-refractivity contribution is 5.34. The Balaban J connectivity index is 2.28. The summed E-state index contributed by atoms with van der Waals surface area (Å²) in [6, 6.07) is 7.26. The summed E-state index contributed by atoms with van der Waals surface area (Å²) in [6.45, 7) is 11.5. The second kappa shape index (κ2) is 5.28. The summed E-state index contributed by atoms with van der Waals surface area (Å²) in [7, 11) is 0. The standard InChI is InChI=1S/C18H29N/c1-12-6-9-16(17(19)10-12)18(4,5)15-8-7-13(2)14(3)11-15/h7-8,11-12,16-17H,6,9-10,19H2,1-5H3. The lowest BCUT2D eigenvalue weighted by atomic mass is 9.63. The van der Waals surface area contributed by atoms with Crippen LogP contribution in [0, 0.1) is 25.7 Å². The van der Waals surface area contributed by atoms with Gasteiger partial charge in [-0.1, -0.05) is 45.4 Å². The van der Waals surface area contributed by atoms with Crippen molar-refractivity contribution in [3.8, 4) is 0 Å². The Kier molecular flexibility index (Phi) is 4.06. The maximum atomic E-state index is 6.46. The van der Waals surface area contributed by atoms with E-state index in [4.69, 9.17) is 5.73 Å². The van der Waals surface area contributed by atoms with Crippen LogP contribution >= 0.6 is 0 Å². The lowest BCUT2D eigenvalue weighted by molar-refractivity contribution is 0.171. The van der Waals surface area contributed by atoms with Gasteiger partial charge < -0.3 is 5.73 Å². The van der Waals surface area contributed by atoms with E-state index in [1.165, 1.54) is 36.0 Å². The molecule has 1 fully saturated rings. The van der Waals surface area contributed by atoms with Gasteiger partial charge in [-0.15, -0.1) is 0 Å². The molecule has 0 amide bonds. The third kappa shape index (κ3) is 2.86. The van der Waals surface area contributed by atoms with Gasteiger partial charge in [-0.2, -0.15) is 0 Å². The van der Waals surface area contributed by atoms with Crippen LogP contribution in [0.15, 0.2) is 18.2 Å². The van der Waals surface area contributed by atoms with E-state index in [9.17, 15) is 0 Å². The van der Waals surface area contributed by atoms with Crippen LogP contribution in [0.2, 0.25) is 0 Å². The molecule has 1 saturated carbocycles. The van der Waals surface area contributed by atoms with E-state index >= 15 is 0 Å². The molecule has 0 heterocycles. The molecule has 0 saturated heterocycles. The second-order valence-corrected chi connectivity index (χ2v) is 7.21. The van der Waals surface area contributed by atoms with Crippen molar-refractivity contribution in [1.82, 2.24) is 0 Å². The van der Waals surface area contributed by atoms with Gasteiger partial charge in [0.1, 0.15) is 0 Å². The minimum Gasteiger partial charge on any atom is -0.327 e. The number of rotatable bonds is 2. The first-order valence-corrected chi connectivity index (χ1v) is 7.65. The Morgan fingerprint density at radius 2 is 1.79 bits per heavy atom. The van der Waals surface area contributed by atoms with Crippen LogP contribution in [0.3, 0.4) is 0 Å². The zero-order chi connectivity index (χ0) is 14.2. The fourth-order valence-corrected chi connectivity index (χ4v) is 3.68. The fourth-order valence-electron chi connectivity index (χ4n) is 3.68. The number of hydrogen-bond acceptors (Lipinski definition) is 1. The average molecular weight is 259 g/mol. The average Bonchev–Trinajstić information content (AvgIpc) is 2.32. The molecule has 2 N–H and O–H groups in total. The van der Waals surface area contributed by atoms with Gasteiger partial charge in [0.15, 0.2) is 0 Å². The zero-order valence-electron chi connectivity index (χ0n) is 13.2. The molecule has 106 valence electrons. The molecule has 1 aromatic rings. The first kappa shape index (κ1) is 14.6. The van der Waals surface area contributed by atoms with Crippen molar-refractivity contribution in [3.63, 3.8) is 0 Å². The Morgan fingerprint density at radius 1 is 1.11 bits per heavy atom. The van der Waals surface area contributed by atoms with Crippen molar-refractivity contribution in [2.24, 2.45) is 17.6 Å². The van der Waals surface area contributed by atoms with E-state index < -0.39 is 0 Å². The minimum absolute atomic E-state index is 0.179. The van der Waals surface area contributed by atoms with Crippen LogP contribution in [0.25, 0.3) is 0 Å². The Morgan fingerprint density at radius 3 is 2.37 bits per heavy atom. The fraction of sp³-hybridized carbons (Fsp3) is 0.667. The molecule has 3 unspecified atom stereocenters. The maximum absolute atomic E-state index is 6.46. The molecule has 3 atom stereocenters. The van der Waals surface area contributed by atoms with Gasteiger partial charge in [0.05, 0.1) is 0 Å². The molecular formula is C18H29N. The van der Waals surface area contributed by atoms with Crippen LogP contribution in [0.4, 0.5) is 0 Å². The normalized spacial score (nSPS) is 28.4. The van der Waals surface area contributed by atoms with E-state index in [1.807, 2.05) is 0 Å².